The number of rotatable bonds is 8. The first-order valence-corrected chi connectivity index (χ1v) is 7.02. The van der Waals surface area contributed by atoms with E-state index in [1.165, 1.54) is 19.3 Å². The van der Waals surface area contributed by atoms with Crippen molar-refractivity contribution in [2.75, 3.05) is 6.54 Å². The Labute approximate surface area is 105 Å². The second-order valence-corrected chi connectivity index (χ2v) is 5.64. The Bertz CT molecular complexity index is 251. The molecule has 3 heteroatoms. The molecule has 1 aliphatic carbocycles. The molecule has 0 spiro atoms. The van der Waals surface area contributed by atoms with Crippen LogP contribution in [0.1, 0.15) is 59.3 Å². The second-order valence-electron chi connectivity index (χ2n) is 5.64. The highest BCUT2D eigenvalue weighted by atomic mass is 16.4. The Kier molecular flexibility index (Phi) is 5.44. The highest BCUT2D eigenvalue weighted by Crippen LogP contribution is 2.28. The molecule has 0 radical (unpaired) electrons. The number of carbonyl (C=O) groups is 1. The van der Waals surface area contributed by atoms with Gasteiger partial charge in [-0.2, -0.15) is 0 Å². The van der Waals surface area contributed by atoms with Crippen LogP contribution in [0.25, 0.3) is 0 Å². The standard InChI is InChI=1S/C14H27NO2/c1-4-11(3)9-14(5-2,13(16)17)15-10-12-7-6-8-12/h11-12,15H,4-10H2,1-3H3,(H,16,17). The molecule has 0 bridgehead atoms. The number of nitrogens with one attached hydrogen (secondary N) is 1. The smallest absolute Gasteiger partial charge is 0.323 e. The summed E-state index contributed by atoms with van der Waals surface area (Å²) in [6.45, 7) is 7.11. The van der Waals surface area contributed by atoms with Crippen molar-refractivity contribution in [2.24, 2.45) is 11.8 Å². The van der Waals surface area contributed by atoms with Gasteiger partial charge in [0.2, 0.25) is 0 Å². The van der Waals surface area contributed by atoms with E-state index in [0.29, 0.717) is 18.3 Å². The van der Waals surface area contributed by atoms with Crippen molar-refractivity contribution in [3.8, 4) is 0 Å². The zero-order chi connectivity index (χ0) is 12.9. The Morgan fingerprint density at radius 2 is 2.12 bits per heavy atom. The van der Waals surface area contributed by atoms with Crippen molar-refractivity contribution in [1.82, 2.24) is 5.32 Å². The summed E-state index contributed by atoms with van der Waals surface area (Å²) in [5, 5.41) is 12.9. The summed E-state index contributed by atoms with van der Waals surface area (Å²) in [5.41, 5.74) is -0.703. The lowest BCUT2D eigenvalue weighted by atomic mass is 9.81. The van der Waals surface area contributed by atoms with E-state index >= 15 is 0 Å². The first-order valence-electron chi connectivity index (χ1n) is 7.02. The molecular weight excluding hydrogens is 214 g/mol. The molecule has 2 N–H and O–H groups in total. The molecule has 3 nitrogen and oxygen atoms in total. The summed E-state index contributed by atoms with van der Waals surface area (Å²) in [6, 6.07) is 0. The van der Waals surface area contributed by atoms with Crippen molar-refractivity contribution in [3.05, 3.63) is 0 Å². The average Bonchev–Trinajstić information content (AvgIpc) is 2.24. The molecule has 1 rings (SSSR count). The fourth-order valence-electron chi connectivity index (χ4n) is 2.43. The van der Waals surface area contributed by atoms with Crippen LogP contribution in [0.4, 0.5) is 0 Å². The van der Waals surface area contributed by atoms with E-state index in [9.17, 15) is 9.90 Å². The van der Waals surface area contributed by atoms with Crippen molar-refractivity contribution in [1.29, 1.82) is 0 Å². The molecule has 0 aromatic carbocycles. The minimum Gasteiger partial charge on any atom is -0.480 e. The van der Waals surface area contributed by atoms with Gasteiger partial charge in [0, 0.05) is 0 Å². The van der Waals surface area contributed by atoms with E-state index in [2.05, 4.69) is 19.2 Å². The van der Waals surface area contributed by atoms with Crippen LogP contribution in [0.5, 0.6) is 0 Å². The molecule has 0 heterocycles. The Balaban J connectivity index is 2.58. The summed E-state index contributed by atoms with van der Waals surface area (Å²) in [7, 11) is 0. The molecule has 0 aromatic rings. The minimum atomic E-state index is -0.703. The van der Waals surface area contributed by atoms with Gasteiger partial charge < -0.3 is 10.4 Å². The predicted molar refractivity (Wildman–Crippen MR) is 70.1 cm³/mol. The molecule has 2 atom stereocenters. The average molecular weight is 241 g/mol. The van der Waals surface area contributed by atoms with E-state index in [-0.39, 0.29) is 0 Å². The highest BCUT2D eigenvalue weighted by molar-refractivity contribution is 5.78. The molecule has 100 valence electrons. The van der Waals surface area contributed by atoms with Gasteiger partial charge >= 0.3 is 5.97 Å². The Hall–Kier alpha value is -0.570. The number of hydrogen-bond acceptors (Lipinski definition) is 2. The normalized spacial score (nSPS) is 21.6. The molecule has 0 aliphatic heterocycles. The van der Waals surface area contributed by atoms with Crippen molar-refractivity contribution in [3.63, 3.8) is 0 Å². The van der Waals surface area contributed by atoms with Crippen LogP contribution in [0, 0.1) is 11.8 Å². The van der Waals surface area contributed by atoms with Crippen molar-refractivity contribution >= 4 is 5.97 Å². The lowest BCUT2D eigenvalue weighted by Crippen LogP contribution is -2.54. The van der Waals surface area contributed by atoms with Gasteiger partial charge in [0.1, 0.15) is 5.54 Å². The van der Waals surface area contributed by atoms with Gasteiger partial charge in [-0.05, 0) is 44.1 Å². The summed E-state index contributed by atoms with van der Waals surface area (Å²) >= 11 is 0. The van der Waals surface area contributed by atoms with Gasteiger partial charge in [0.05, 0.1) is 0 Å². The molecule has 0 aromatic heterocycles. The lowest BCUT2D eigenvalue weighted by molar-refractivity contribution is -0.146. The second kappa shape index (κ2) is 6.39. The molecule has 2 unspecified atom stereocenters. The number of aliphatic carboxylic acids is 1. The van der Waals surface area contributed by atoms with Crippen LogP contribution in [-0.2, 0) is 4.79 Å². The molecule has 0 saturated heterocycles. The van der Waals surface area contributed by atoms with Gasteiger partial charge in [-0.25, -0.2) is 0 Å². The summed E-state index contributed by atoms with van der Waals surface area (Å²) < 4.78 is 0. The monoisotopic (exact) mass is 241 g/mol. The summed E-state index contributed by atoms with van der Waals surface area (Å²) in [6.07, 6.45) is 6.27. The molecular formula is C14H27NO2. The third kappa shape index (κ3) is 3.70. The van der Waals surface area contributed by atoms with Crippen LogP contribution in [0.15, 0.2) is 0 Å². The van der Waals surface area contributed by atoms with Crippen LogP contribution in [-0.4, -0.2) is 23.2 Å². The zero-order valence-electron chi connectivity index (χ0n) is 11.5. The number of carboxylic acid groups (broad SMARTS) is 1. The van der Waals surface area contributed by atoms with Crippen LogP contribution in [0.2, 0.25) is 0 Å². The third-order valence-electron chi connectivity index (χ3n) is 4.36. The SMILES string of the molecule is CCC(C)CC(CC)(NCC1CCC1)C(=O)O. The maximum absolute atomic E-state index is 11.6. The maximum Gasteiger partial charge on any atom is 0.323 e. The topological polar surface area (TPSA) is 49.3 Å². The maximum atomic E-state index is 11.6. The number of hydrogen-bond donors (Lipinski definition) is 2. The molecule has 1 saturated carbocycles. The number of carboxylic acids is 1. The van der Waals surface area contributed by atoms with Crippen LogP contribution >= 0.6 is 0 Å². The predicted octanol–water partition coefficient (Wildman–Crippen LogP) is 3.05. The van der Waals surface area contributed by atoms with E-state index in [4.69, 9.17) is 0 Å². The largest absolute Gasteiger partial charge is 0.480 e. The Morgan fingerprint density at radius 1 is 1.47 bits per heavy atom. The molecule has 0 amide bonds. The van der Waals surface area contributed by atoms with Crippen LogP contribution < -0.4 is 5.32 Å². The highest BCUT2D eigenvalue weighted by Gasteiger charge is 2.38. The fourth-order valence-corrected chi connectivity index (χ4v) is 2.43. The van der Waals surface area contributed by atoms with E-state index in [0.717, 1.165) is 19.4 Å². The van der Waals surface area contributed by atoms with Gasteiger partial charge in [0.25, 0.3) is 0 Å². The minimum absolute atomic E-state index is 0.458. The molecule has 17 heavy (non-hydrogen) atoms. The van der Waals surface area contributed by atoms with Gasteiger partial charge in [-0.1, -0.05) is 33.6 Å². The van der Waals surface area contributed by atoms with E-state index < -0.39 is 11.5 Å². The van der Waals surface area contributed by atoms with Crippen LogP contribution in [0.3, 0.4) is 0 Å². The first-order chi connectivity index (χ1) is 8.04. The zero-order valence-corrected chi connectivity index (χ0v) is 11.5. The third-order valence-corrected chi connectivity index (χ3v) is 4.36. The molecule has 1 aliphatic rings. The van der Waals surface area contributed by atoms with Crippen molar-refractivity contribution < 1.29 is 9.90 Å². The van der Waals surface area contributed by atoms with E-state index in [1.54, 1.807) is 0 Å². The summed E-state index contributed by atoms with van der Waals surface area (Å²) in [5.74, 6) is 0.483. The Morgan fingerprint density at radius 3 is 2.47 bits per heavy atom. The quantitative estimate of drug-likeness (QED) is 0.686. The summed E-state index contributed by atoms with van der Waals surface area (Å²) in [4.78, 5) is 11.6. The fraction of sp³-hybridized carbons (Fsp3) is 0.929. The van der Waals surface area contributed by atoms with Crippen molar-refractivity contribution in [2.45, 2.75) is 64.8 Å². The van der Waals surface area contributed by atoms with Gasteiger partial charge in [-0.15, -0.1) is 0 Å². The van der Waals surface area contributed by atoms with Gasteiger partial charge in [0.15, 0.2) is 0 Å². The van der Waals surface area contributed by atoms with Gasteiger partial charge in [-0.3, -0.25) is 4.79 Å². The first kappa shape index (κ1) is 14.5. The van der Waals surface area contributed by atoms with E-state index in [1.807, 2.05) is 6.92 Å². The molecule has 1 fully saturated rings. The lowest BCUT2D eigenvalue weighted by Gasteiger charge is -2.35.